The van der Waals surface area contributed by atoms with Crippen molar-refractivity contribution in [3.05, 3.63) is 12.7 Å². The molecular weight excluding hydrogens is 197 g/mol. The Bertz CT molecular complexity index is 54.2. The van der Waals surface area contributed by atoms with Gasteiger partial charge in [0.25, 0.3) is 0 Å². The average Bonchev–Trinajstić information content (AvgIpc) is 1.88. The Labute approximate surface area is 75.7 Å². The molecule has 0 heterocycles. The van der Waals surface area contributed by atoms with Gasteiger partial charge >= 0.3 is 20.4 Å². The standard InChI is InChI=1S/C3H5.CH2F.CH3N.BrH.Mg/c1-3-2;2*1-2;;/h3H,1-2H2;1H2;2H,1H2;1H;. The molecule has 52 valence electrons. The molecule has 4 heteroatoms. The first-order chi connectivity index (χ1) is 3.91. The van der Waals surface area contributed by atoms with E-state index in [4.69, 9.17) is 5.41 Å². The van der Waals surface area contributed by atoms with Crippen molar-refractivity contribution in [3.63, 3.8) is 0 Å². The van der Waals surface area contributed by atoms with Gasteiger partial charge in [0.05, 0.1) is 0 Å². The summed E-state index contributed by atoms with van der Waals surface area (Å²) in [6.45, 7) is 5.97. The van der Waals surface area contributed by atoms with Crippen LogP contribution < -0.4 is 0 Å². The molecule has 0 amide bonds. The summed E-state index contributed by atoms with van der Waals surface area (Å²) in [5.41, 5.74) is 0. The number of hydrogen-bond acceptors (Lipinski definition) is 1. The molecule has 0 aliphatic carbocycles. The highest BCUT2D eigenvalue weighted by atomic mass is 79.9. The Balaban J connectivity index is -0.000000109. The fourth-order valence-corrected chi connectivity index (χ4v) is 0.664. The highest BCUT2D eigenvalue weighted by Gasteiger charge is 1.85. The Morgan fingerprint density at radius 3 is 2.11 bits per heavy atom. The van der Waals surface area contributed by atoms with Crippen LogP contribution in [0.25, 0.3) is 0 Å². The van der Waals surface area contributed by atoms with Gasteiger partial charge in [0.15, 0.2) is 0 Å². The lowest BCUT2D eigenvalue weighted by atomic mass is 10.8. The molecule has 0 spiro atoms. The maximum absolute atomic E-state index is 11.2. The fourth-order valence-electron chi connectivity index (χ4n) is 0.221. The van der Waals surface area contributed by atoms with Crippen LogP contribution in [0.2, 0.25) is 4.55 Å². The van der Waals surface area contributed by atoms with Gasteiger partial charge in [-0.25, -0.2) is 0 Å². The van der Waals surface area contributed by atoms with Crippen LogP contribution >= 0.6 is 17.0 Å². The van der Waals surface area contributed by atoms with Gasteiger partial charge in [-0.05, 0) is 11.5 Å². The second-order valence-electron chi connectivity index (χ2n) is 1.12. The minimum atomic E-state index is -0.363. The van der Waals surface area contributed by atoms with Crippen LogP contribution in [0.4, 0.5) is 4.39 Å². The summed E-state index contributed by atoms with van der Waals surface area (Å²) in [7, 11) is 0. The van der Waals surface area contributed by atoms with Crippen LogP contribution in [0, 0.1) is 5.41 Å². The van der Waals surface area contributed by atoms with E-state index < -0.39 is 0 Å². The van der Waals surface area contributed by atoms with Crippen LogP contribution in [0.5, 0.6) is 0 Å². The summed E-state index contributed by atoms with van der Waals surface area (Å²) in [5.74, 6) is 0. The lowest BCUT2D eigenvalue weighted by Gasteiger charge is -1.73. The Hall–Kier alpha value is 0.586. The van der Waals surface area contributed by atoms with Crippen molar-refractivity contribution in [3.8, 4) is 0 Å². The molecule has 9 heavy (non-hydrogen) atoms. The number of allylic oxidation sites excluding steroid dienone is 1. The van der Waals surface area contributed by atoms with E-state index >= 15 is 0 Å². The molecular formula is C5H11BrFMgN. The zero-order valence-electron chi connectivity index (χ0n) is 5.40. The number of halogens is 2. The van der Waals surface area contributed by atoms with Gasteiger partial charge in [-0.3, -0.25) is 4.39 Å². The third-order valence-corrected chi connectivity index (χ3v) is 1.63. The molecule has 0 saturated heterocycles. The molecule has 0 saturated carbocycles. The molecule has 0 aromatic rings. The van der Waals surface area contributed by atoms with E-state index in [9.17, 15) is 4.39 Å². The lowest BCUT2D eigenvalue weighted by Crippen LogP contribution is -1.86. The molecule has 0 aliphatic heterocycles. The number of rotatable bonds is 3. The summed E-state index contributed by atoms with van der Waals surface area (Å²) < 4.78 is 12.1. The average molecular weight is 208 g/mol. The summed E-state index contributed by atoms with van der Waals surface area (Å²) in [6.07, 6.45) is 1.78. The predicted molar refractivity (Wildman–Crippen MR) is 46.9 cm³/mol. The zero-order chi connectivity index (χ0) is 6.83. The van der Waals surface area contributed by atoms with E-state index in [1.807, 2.05) is 0 Å². The van der Waals surface area contributed by atoms with Crippen LogP contribution in [-0.4, -0.2) is 31.9 Å². The van der Waals surface area contributed by atoms with Gasteiger partial charge in [-0.1, -0.05) is 0 Å². The van der Waals surface area contributed by atoms with Gasteiger partial charge in [0.2, 0.25) is 0 Å². The largest absolute Gasteiger partial charge is 0.418 e. The van der Waals surface area contributed by atoms with Gasteiger partial charge in [0.1, 0.15) is 0 Å². The number of hydrogen-bond donors (Lipinski definition) is 1. The number of alkyl halides is 1. The van der Waals surface area contributed by atoms with E-state index in [2.05, 4.69) is 13.3 Å². The van der Waals surface area contributed by atoms with E-state index in [0.29, 0.717) is 0 Å². The predicted octanol–water partition coefficient (Wildman–Crippen LogP) is 2.07. The first-order valence-corrected chi connectivity index (χ1v) is 4.44. The summed E-state index contributed by atoms with van der Waals surface area (Å²) in [5, 5.41) is 5.50. The van der Waals surface area contributed by atoms with Gasteiger partial charge < -0.3 is 5.41 Å². The van der Waals surface area contributed by atoms with Crippen molar-refractivity contribution in [2.45, 2.75) is 4.55 Å². The molecule has 0 radical (unpaired) electrons. The molecule has 0 rings (SSSR count). The minimum Gasteiger partial charge on any atom is -0.317 e. The maximum atomic E-state index is 11.2. The fraction of sp³-hybridized carbons (Fsp3) is 0.400. The first-order valence-electron chi connectivity index (χ1n) is 2.44. The van der Waals surface area contributed by atoms with E-state index in [0.717, 1.165) is 4.55 Å². The molecule has 1 N–H and O–H groups in total. The monoisotopic (exact) mass is 207 g/mol. The highest BCUT2D eigenvalue weighted by molar-refractivity contribution is 8.93. The van der Waals surface area contributed by atoms with Crippen LogP contribution in [0.15, 0.2) is 12.7 Å². The van der Waals surface area contributed by atoms with Crippen LogP contribution in [0.1, 0.15) is 0 Å². The minimum absolute atomic E-state index is 0. The maximum Gasteiger partial charge on any atom is 0.418 e. The van der Waals surface area contributed by atoms with E-state index in [-0.39, 0.29) is 42.2 Å². The van der Waals surface area contributed by atoms with Gasteiger partial charge in [0, 0.05) is 0 Å². The van der Waals surface area contributed by atoms with E-state index in [1.54, 1.807) is 6.08 Å². The summed E-state index contributed by atoms with van der Waals surface area (Å²) in [6, 6.07) is 0. The molecule has 1 nitrogen and oxygen atoms in total. The third kappa shape index (κ3) is 29.0. The van der Waals surface area contributed by atoms with Crippen molar-refractivity contribution < 1.29 is 4.39 Å². The Kier molecular flexibility index (Phi) is 42.5. The Morgan fingerprint density at radius 2 is 2.00 bits per heavy atom. The number of nitrogens with one attached hydrogen (secondary N) is 1. The molecule has 0 aliphatic rings. The molecule has 0 fully saturated rings. The summed E-state index contributed by atoms with van der Waals surface area (Å²) in [4.78, 5) is -0.0774. The van der Waals surface area contributed by atoms with Crippen LogP contribution in [-0.2, 0) is 0 Å². The normalized spacial score (nSPS) is 5.00. The van der Waals surface area contributed by atoms with Gasteiger partial charge in [-0.15, -0.1) is 34.2 Å². The molecule has 0 bridgehead atoms. The zero-order valence-corrected chi connectivity index (χ0v) is 8.53. The SMILES string of the molecule is Br.C=C[CH2][Mg][CH2]F.C=N. The quantitative estimate of drug-likeness (QED) is 0.318. The van der Waals surface area contributed by atoms with Gasteiger partial charge in [-0.2, -0.15) is 0 Å². The van der Waals surface area contributed by atoms with Crippen molar-refractivity contribution in [1.29, 1.82) is 5.41 Å². The first kappa shape index (κ1) is 16.3. The molecule has 0 unspecified atom stereocenters. The second kappa shape index (κ2) is 23.5. The highest BCUT2D eigenvalue weighted by Crippen LogP contribution is 1.76. The molecule has 0 atom stereocenters. The molecule has 0 aromatic carbocycles. The van der Waals surface area contributed by atoms with Crippen molar-refractivity contribution in [2.24, 2.45) is 0 Å². The van der Waals surface area contributed by atoms with E-state index in [1.165, 1.54) is 0 Å². The lowest BCUT2D eigenvalue weighted by molar-refractivity contribution is 0.593. The van der Waals surface area contributed by atoms with Crippen molar-refractivity contribution in [2.75, 3.05) is 4.80 Å². The van der Waals surface area contributed by atoms with Crippen molar-refractivity contribution in [1.82, 2.24) is 0 Å². The smallest absolute Gasteiger partial charge is 0.317 e. The third-order valence-electron chi connectivity index (χ3n) is 0.542. The Morgan fingerprint density at radius 1 is 1.56 bits per heavy atom. The second-order valence-corrected chi connectivity index (χ2v) is 2.78. The van der Waals surface area contributed by atoms with Crippen molar-refractivity contribution >= 4 is 44.1 Å². The topological polar surface area (TPSA) is 23.9 Å². The summed E-state index contributed by atoms with van der Waals surface area (Å²) >= 11 is -0.363. The van der Waals surface area contributed by atoms with Crippen LogP contribution in [0.3, 0.4) is 0 Å². The molecule has 0 aromatic heterocycles.